The number of ether oxygens (including phenoxy) is 3. The minimum atomic E-state index is -0.859. The summed E-state index contributed by atoms with van der Waals surface area (Å²) in [6.07, 6.45) is 41.9. The number of unbranched alkanes of at least 4 members (excludes halogenated alkanes) is 30. The maximum absolute atomic E-state index is 12.8. The van der Waals surface area contributed by atoms with Crippen molar-refractivity contribution in [3.63, 3.8) is 0 Å². The highest BCUT2D eigenvalue weighted by atomic mass is 16.5. The zero-order valence-corrected chi connectivity index (χ0v) is 44.6. The first-order valence-corrected chi connectivity index (χ1v) is 28.5. The Morgan fingerprint density at radius 1 is 0.313 bits per heavy atom. The van der Waals surface area contributed by atoms with Gasteiger partial charge in [0.15, 0.2) is 0 Å². The van der Waals surface area contributed by atoms with Gasteiger partial charge in [-0.3, -0.25) is 19.2 Å². The third kappa shape index (κ3) is 50.0. The highest BCUT2D eigenvalue weighted by Crippen LogP contribution is 2.14. The first-order chi connectivity index (χ1) is 32.7. The van der Waals surface area contributed by atoms with Crippen molar-refractivity contribution in [3.8, 4) is 0 Å². The molecule has 0 heterocycles. The number of rotatable bonds is 54. The van der Waals surface area contributed by atoms with Crippen LogP contribution in [0.1, 0.15) is 258 Å². The van der Waals surface area contributed by atoms with Gasteiger partial charge in [0.2, 0.25) is 0 Å². The molecule has 0 unspecified atom stereocenters. The molecule has 0 radical (unpaired) electrons. The Balaban J connectivity index is 4.76. The summed E-state index contributed by atoms with van der Waals surface area (Å²) in [5.41, 5.74) is 0. The number of likely N-dealkylation sites (N-methyl/N-ethyl adjacent to an activating group) is 1. The van der Waals surface area contributed by atoms with Gasteiger partial charge < -0.3 is 34.0 Å². The third-order valence-corrected chi connectivity index (χ3v) is 13.2. The average Bonchev–Trinajstić information content (AvgIpc) is 3.31. The SMILES string of the molecule is CCCCCCCCCCCCCOC(=O)CCN(CCC(=O)O)CCN(C)CCN(CCC(=O)OCCCCCCCCCCCCC)CCC(=O)OCCCCCCCCCCCCC. The van der Waals surface area contributed by atoms with Crippen LogP contribution in [0, 0.1) is 0 Å². The van der Waals surface area contributed by atoms with Crippen molar-refractivity contribution in [2.24, 2.45) is 0 Å². The minimum absolute atomic E-state index is 0.00991. The van der Waals surface area contributed by atoms with E-state index < -0.39 is 5.97 Å². The van der Waals surface area contributed by atoms with Crippen LogP contribution in [-0.4, -0.2) is 123 Å². The van der Waals surface area contributed by atoms with E-state index in [1.807, 2.05) is 11.9 Å². The summed E-state index contributed by atoms with van der Waals surface area (Å²) in [6, 6.07) is 0. The second-order valence-electron chi connectivity index (χ2n) is 19.6. The highest BCUT2D eigenvalue weighted by Gasteiger charge is 2.16. The van der Waals surface area contributed by atoms with Crippen molar-refractivity contribution in [2.45, 2.75) is 258 Å². The number of hydrogen-bond acceptors (Lipinski definition) is 10. The van der Waals surface area contributed by atoms with Crippen molar-refractivity contribution in [1.29, 1.82) is 0 Å². The van der Waals surface area contributed by atoms with Crippen LogP contribution < -0.4 is 0 Å². The van der Waals surface area contributed by atoms with E-state index in [0.29, 0.717) is 72.2 Å². The molecule has 0 bridgehead atoms. The molecule has 396 valence electrons. The van der Waals surface area contributed by atoms with Crippen LogP contribution in [0.15, 0.2) is 0 Å². The summed E-state index contributed by atoms with van der Waals surface area (Å²) in [5.74, 6) is -1.49. The quantitative estimate of drug-likeness (QED) is 0.0356. The zero-order chi connectivity index (χ0) is 49.1. The lowest BCUT2D eigenvalue weighted by Crippen LogP contribution is -2.40. The first-order valence-electron chi connectivity index (χ1n) is 28.5. The fraction of sp³-hybridized carbons (Fsp3) is 0.929. The van der Waals surface area contributed by atoms with Crippen LogP contribution in [0.25, 0.3) is 0 Å². The smallest absolute Gasteiger partial charge is 0.307 e. The van der Waals surface area contributed by atoms with E-state index in [9.17, 15) is 24.3 Å². The first kappa shape index (κ1) is 64.8. The number of carbonyl (C=O) groups is 4. The molecule has 1 N–H and O–H groups in total. The molecule has 11 heteroatoms. The summed E-state index contributed by atoms with van der Waals surface area (Å²) in [7, 11) is 2.03. The largest absolute Gasteiger partial charge is 0.481 e. The van der Waals surface area contributed by atoms with Crippen molar-refractivity contribution >= 4 is 23.9 Å². The van der Waals surface area contributed by atoms with Crippen molar-refractivity contribution in [2.75, 3.05) is 79.2 Å². The normalized spacial score (nSPS) is 11.6. The molecule has 67 heavy (non-hydrogen) atoms. The molecule has 0 amide bonds. The Morgan fingerprint density at radius 2 is 0.537 bits per heavy atom. The van der Waals surface area contributed by atoms with E-state index >= 15 is 0 Å². The maximum Gasteiger partial charge on any atom is 0.307 e. The Hall–Kier alpha value is -2.24. The topological polar surface area (TPSA) is 126 Å². The summed E-state index contributed by atoms with van der Waals surface area (Å²) < 4.78 is 16.7. The molecule has 0 atom stereocenters. The molecule has 0 rings (SSSR count). The number of carbonyl (C=O) groups excluding carboxylic acids is 3. The molecular formula is C56H109N3O8. The van der Waals surface area contributed by atoms with E-state index in [-0.39, 0.29) is 43.6 Å². The molecule has 0 aromatic heterocycles. The Morgan fingerprint density at radius 3 is 0.776 bits per heavy atom. The van der Waals surface area contributed by atoms with E-state index in [1.54, 1.807) is 0 Å². The van der Waals surface area contributed by atoms with Gasteiger partial charge in [0.1, 0.15) is 0 Å². The maximum atomic E-state index is 12.8. The highest BCUT2D eigenvalue weighted by molar-refractivity contribution is 5.70. The Labute approximate surface area is 413 Å². The third-order valence-electron chi connectivity index (χ3n) is 13.2. The van der Waals surface area contributed by atoms with Crippen molar-refractivity contribution in [1.82, 2.24) is 14.7 Å². The molecule has 0 aromatic carbocycles. The number of carboxylic acids is 1. The fourth-order valence-corrected chi connectivity index (χ4v) is 8.48. The molecule has 0 spiro atoms. The lowest BCUT2D eigenvalue weighted by atomic mass is 10.1. The number of carboxylic acid groups (broad SMARTS) is 1. The van der Waals surface area contributed by atoms with Gasteiger partial charge in [-0.2, -0.15) is 0 Å². The average molecular weight is 953 g/mol. The number of aliphatic carboxylic acids is 1. The van der Waals surface area contributed by atoms with E-state index in [1.165, 1.54) is 173 Å². The van der Waals surface area contributed by atoms with Crippen LogP contribution >= 0.6 is 0 Å². The Bertz CT molecular complexity index is 1070. The number of hydrogen-bond donors (Lipinski definition) is 1. The molecule has 0 aliphatic heterocycles. The monoisotopic (exact) mass is 952 g/mol. The van der Waals surface area contributed by atoms with E-state index in [4.69, 9.17) is 14.2 Å². The molecule has 0 aliphatic carbocycles. The predicted octanol–water partition coefficient (Wildman–Crippen LogP) is 13.7. The van der Waals surface area contributed by atoms with Crippen LogP contribution in [0.2, 0.25) is 0 Å². The summed E-state index contributed by atoms with van der Waals surface area (Å²) in [5, 5.41) is 9.39. The van der Waals surface area contributed by atoms with Crippen LogP contribution in [0.5, 0.6) is 0 Å². The standard InChI is InChI=1S/C56H109N3O8/c1-5-8-11-14-17-20-23-26-29-32-35-50-65-54(62)39-43-58(42-38-53(60)61)48-46-57(4)47-49-59(44-40-55(63)66-51-36-33-30-27-24-21-18-15-12-9-6-2)45-41-56(64)67-52-37-34-31-28-25-22-19-16-13-10-7-3/h5-52H2,1-4H3,(H,60,61). The molecule has 0 saturated carbocycles. The van der Waals surface area contributed by atoms with Gasteiger partial charge in [-0.1, -0.05) is 213 Å². The van der Waals surface area contributed by atoms with Gasteiger partial charge in [0.25, 0.3) is 0 Å². The molecule has 0 saturated heterocycles. The van der Waals surface area contributed by atoms with Gasteiger partial charge in [-0.05, 0) is 26.3 Å². The predicted molar refractivity (Wildman–Crippen MR) is 279 cm³/mol. The van der Waals surface area contributed by atoms with Crippen LogP contribution in [0.3, 0.4) is 0 Å². The lowest BCUT2D eigenvalue weighted by Gasteiger charge is -2.27. The van der Waals surface area contributed by atoms with Gasteiger partial charge in [0.05, 0.1) is 45.5 Å². The number of nitrogens with zero attached hydrogens (tertiary/aromatic N) is 3. The van der Waals surface area contributed by atoms with Gasteiger partial charge in [-0.15, -0.1) is 0 Å². The van der Waals surface area contributed by atoms with Gasteiger partial charge >= 0.3 is 23.9 Å². The van der Waals surface area contributed by atoms with E-state index in [2.05, 4.69) is 30.6 Å². The summed E-state index contributed by atoms with van der Waals surface area (Å²) >= 11 is 0. The van der Waals surface area contributed by atoms with Gasteiger partial charge in [0, 0.05) is 52.4 Å². The number of esters is 3. The van der Waals surface area contributed by atoms with Crippen LogP contribution in [0.4, 0.5) is 0 Å². The second-order valence-corrected chi connectivity index (χ2v) is 19.6. The molecule has 0 fully saturated rings. The van der Waals surface area contributed by atoms with Crippen molar-refractivity contribution < 1.29 is 38.5 Å². The second kappa shape index (κ2) is 51.6. The molecule has 11 nitrogen and oxygen atoms in total. The van der Waals surface area contributed by atoms with Crippen molar-refractivity contribution in [3.05, 3.63) is 0 Å². The van der Waals surface area contributed by atoms with Gasteiger partial charge in [-0.25, -0.2) is 0 Å². The zero-order valence-electron chi connectivity index (χ0n) is 44.6. The molecular weight excluding hydrogens is 843 g/mol. The fourth-order valence-electron chi connectivity index (χ4n) is 8.48. The summed E-state index contributed by atoms with van der Waals surface area (Å²) in [6.45, 7) is 12.6. The summed E-state index contributed by atoms with van der Waals surface area (Å²) in [4.78, 5) is 55.9. The Kier molecular flexibility index (Phi) is 49.9. The lowest BCUT2D eigenvalue weighted by molar-refractivity contribution is -0.145. The molecule has 0 aromatic rings. The minimum Gasteiger partial charge on any atom is -0.481 e. The van der Waals surface area contributed by atoms with Crippen LogP contribution in [-0.2, 0) is 33.4 Å². The van der Waals surface area contributed by atoms with E-state index in [0.717, 1.165) is 38.5 Å². The molecule has 0 aliphatic rings.